The molecule has 0 spiro atoms. The number of likely N-dealkylation sites (tertiary alicyclic amines) is 1. The van der Waals surface area contributed by atoms with Crippen molar-refractivity contribution in [2.45, 2.75) is 39.8 Å². The molecule has 0 radical (unpaired) electrons. The molecule has 0 atom stereocenters. The lowest BCUT2D eigenvalue weighted by atomic mass is 9.96. The van der Waals surface area contributed by atoms with Crippen molar-refractivity contribution in [3.63, 3.8) is 0 Å². The third-order valence-electron chi connectivity index (χ3n) is 5.51. The summed E-state index contributed by atoms with van der Waals surface area (Å²) in [5, 5.41) is 5.11. The molecule has 0 saturated carbocycles. The van der Waals surface area contributed by atoms with E-state index in [-0.39, 0.29) is 29.8 Å². The summed E-state index contributed by atoms with van der Waals surface area (Å²) in [6, 6.07) is 2.08. The summed E-state index contributed by atoms with van der Waals surface area (Å²) in [4.78, 5) is 39.9. The van der Waals surface area contributed by atoms with E-state index in [1.165, 1.54) is 9.56 Å². The van der Waals surface area contributed by atoms with Crippen molar-refractivity contribution in [3.8, 4) is 0 Å². The molecule has 9 heteroatoms. The molecule has 3 aromatic heterocycles. The first-order chi connectivity index (χ1) is 13.4. The summed E-state index contributed by atoms with van der Waals surface area (Å²) in [5.41, 5.74) is 6.73. The SMILES string of the molecule is CCn1c2cc(C)sc2c2cnn(CC(=O)N3CCC(C(N)=O)CC3)c(=O)c21. The Balaban J connectivity index is 1.63. The van der Waals surface area contributed by atoms with Gasteiger partial charge in [-0.1, -0.05) is 0 Å². The summed E-state index contributed by atoms with van der Waals surface area (Å²) in [6.07, 6.45) is 2.82. The van der Waals surface area contributed by atoms with Crippen LogP contribution in [0.15, 0.2) is 17.1 Å². The van der Waals surface area contributed by atoms with Gasteiger partial charge in [0.25, 0.3) is 5.56 Å². The van der Waals surface area contributed by atoms with Crippen LogP contribution in [0.5, 0.6) is 0 Å². The zero-order valence-electron chi connectivity index (χ0n) is 16.0. The van der Waals surface area contributed by atoms with Gasteiger partial charge in [0.05, 0.1) is 16.4 Å². The van der Waals surface area contributed by atoms with E-state index in [9.17, 15) is 14.4 Å². The number of aryl methyl sites for hydroxylation is 2. The van der Waals surface area contributed by atoms with Crippen molar-refractivity contribution in [1.82, 2.24) is 19.2 Å². The number of hydrogen-bond donors (Lipinski definition) is 1. The first-order valence-electron chi connectivity index (χ1n) is 9.46. The molecule has 1 aliphatic heterocycles. The molecule has 1 aliphatic rings. The Morgan fingerprint density at radius 1 is 1.32 bits per heavy atom. The van der Waals surface area contributed by atoms with Gasteiger partial charge in [0.15, 0.2) is 0 Å². The molecule has 0 aliphatic carbocycles. The van der Waals surface area contributed by atoms with Crippen LogP contribution in [0.2, 0.25) is 0 Å². The van der Waals surface area contributed by atoms with Gasteiger partial charge in [0.1, 0.15) is 12.1 Å². The molecule has 8 nitrogen and oxygen atoms in total. The molecule has 2 amide bonds. The first kappa shape index (κ1) is 18.7. The molecule has 3 aromatic rings. The van der Waals surface area contributed by atoms with Crippen molar-refractivity contribution >= 4 is 44.3 Å². The normalized spacial score (nSPS) is 15.6. The van der Waals surface area contributed by atoms with E-state index in [4.69, 9.17) is 5.73 Å². The number of carbonyl (C=O) groups excluding carboxylic acids is 2. The Morgan fingerprint density at radius 2 is 2.04 bits per heavy atom. The number of rotatable bonds is 4. The second-order valence-corrected chi connectivity index (χ2v) is 8.50. The Morgan fingerprint density at radius 3 is 2.68 bits per heavy atom. The van der Waals surface area contributed by atoms with E-state index in [2.05, 4.69) is 11.2 Å². The highest BCUT2D eigenvalue weighted by Gasteiger charge is 2.26. The van der Waals surface area contributed by atoms with Crippen LogP contribution in [0.25, 0.3) is 21.1 Å². The molecule has 148 valence electrons. The van der Waals surface area contributed by atoms with Crippen LogP contribution in [-0.2, 0) is 22.7 Å². The van der Waals surface area contributed by atoms with Crippen molar-refractivity contribution in [3.05, 3.63) is 27.5 Å². The Labute approximate surface area is 165 Å². The highest BCUT2D eigenvalue weighted by Crippen LogP contribution is 2.33. The predicted molar refractivity (Wildman–Crippen MR) is 108 cm³/mol. The highest BCUT2D eigenvalue weighted by atomic mass is 32.1. The fraction of sp³-hybridized carbons (Fsp3) is 0.474. The van der Waals surface area contributed by atoms with Crippen LogP contribution in [-0.4, -0.2) is 44.2 Å². The van der Waals surface area contributed by atoms with E-state index >= 15 is 0 Å². The van der Waals surface area contributed by atoms with E-state index in [0.29, 0.717) is 38.0 Å². The fourth-order valence-corrected chi connectivity index (χ4v) is 5.03. The van der Waals surface area contributed by atoms with Crippen LogP contribution < -0.4 is 11.3 Å². The second-order valence-electron chi connectivity index (χ2n) is 7.24. The lowest BCUT2D eigenvalue weighted by Gasteiger charge is -2.30. The van der Waals surface area contributed by atoms with Gasteiger partial charge < -0.3 is 15.2 Å². The van der Waals surface area contributed by atoms with Crippen LogP contribution in [0, 0.1) is 12.8 Å². The number of nitrogens with two attached hydrogens (primary N) is 1. The van der Waals surface area contributed by atoms with E-state index in [0.717, 1.165) is 15.6 Å². The molecule has 0 bridgehead atoms. The van der Waals surface area contributed by atoms with Crippen LogP contribution in [0.4, 0.5) is 0 Å². The maximum absolute atomic E-state index is 13.1. The van der Waals surface area contributed by atoms with Crippen molar-refractivity contribution in [1.29, 1.82) is 0 Å². The number of hydrogen-bond acceptors (Lipinski definition) is 5. The van der Waals surface area contributed by atoms with Crippen molar-refractivity contribution < 1.29 is 9.59 Å². The maximum Gasteiger partial charge on any atom is 0.291 e. The van der Waals surface area contributed by atoms with E-state index in [1.54, 1.807) is 22.4 Å². The van der Waals surface area contributed by atoms with E-state index in [1.807, 2.05) is 18.4 Å². The summed E-state index contributed by atoms with van der Waals surface area (Å²) in [7, 11) is 0. The van der Waals surface area contributed by atoms with Gasteiger partial charge in [-0.3, -0.25) is 14.4 Å². The zero-order valence-corrected chi connectivity index (χ0v) is 16.8. The molecule has 1 saturated heterocycles. The maximum atomic E-state index is 13.1. The number of amides is 2. The van der Waals surface area contributed by atoms with Crippen LogP contribution in [0.3, 0.4) is 0 Å². The monoisotopic (exact) mass is 401 g/mol. The predicted octanol–water partition coefficient (Wildman–Crippen LogP) is 1.46. The number of aromatic nitrogens is 3. The summed E-state index contributed by atoms with van der Waals surface area (Å²) in [5.74, 6) is -0.652. The van der Waals surface area contributed by atoms with Gasteiger partial charge in [-0.05, 0) is 32.8 Å². The first-order valence-corrected chi connectivity index (χ1v) is 10.3. The molecule has 0 unspecified atom stereocenters. The standard InChI is InChI=1S/C19H23N5O3S/c1-3-23-14-8-11(2)28-17(14)13-9-21-24(19(27)16(13)23)10-15(25)22-6-4-12(5-7-22)18(20)26/h8-9,12H,3-7,10H2,1-2H3,(H2,20,26). The fourth-order valence-electron chi connectivity index (χ4n) is 4.00. The topological polar surface area (TPSA) is 103 Å². The molecule has 2 N–H and O–H groups in total. The molecular formula is C19H23N5O3S. The van der Waals surface area contributed by atoms with Crippen molar-refractivity contribution in [2.24, 2.45) is 11.7 Å². The lowest BCUT2D eigenvalue weighted by Crippen LogP contribution is -2.44. The second kappa shape index (κ2) is 7.05. The average Bonchev–Trinajstić information content (AvgIpc) is 3.19. The quantitative estimate of drug-likeness (QED) is 0.715. The van der Waals surface area contributed by atoms with Crippen LogP contribution in [0.1, 0.15) is 24.6 Å². The highest BCUT2D eigenvalue weighted by molar-refractivity contribution is 7.20. The summed E-state index contributed by atoms with van der Waals surface area (Å²) < 4.78 is 4.30. The summed E-state index contributed by atoms with van der Waals surface area (Å²) in [6.45, 7) is 5.57. The largest absolute Gasteiger partial charge is 0.369 e. The van der Waals surface area contributed by atoms with Gasteiger partial charge in [-0.15, -0.1) is 11.3 Å². The number of primary amides is 1. The van der Waals surface area contributed by atoms with Crippen LogP contribution >= 0.6 is 11.3 Å². The molecule has 28 heavy (non-hydrogen) atoms. The van der Waals surface area contributed by atoms with E-state index < -0.39 is 0 Å². The number of nitrogens with zero attached hydrogens (tertiary/aromatic N) is 4. The minimum atomic E-state index is -0.314. The molecule has 4 rings (SSSR count). The lowest BCUT2D eigenvalue weighted by molar-refractivity contribution is -0.135. The van der Waals surface area contributed by atoms with Gasteiger partial charge >= 0.3 is 0 Å². The number of carbonyl (C=O) groups is 2. The molecule has 0 aromatic carbocycles. The third-order valence-corrected chi connectivity index (χ3v) is 6.58. The van der Waals surface area contributed by atoms with Gasteiger partial charge in [0, 0.05) is 35.8 Å². The van der Waals surface area contributed by atoms with Crippen molar-refractivity contribution in [2.75, 3.05) is 13.1 Å². The minimum Gasteiger partial charge on any atom is -0.369 e. The third kappa shape index (κ3) is 2.99. The van der Waals surface area contributed by atoms with Gasteiger partial charge in [-0.25, -0.2) is 4.68 Å². The number of thiophene rings is 1. The summed E-state index contributed by atoms with van der Waals surface area (Å²) >= 11 is 1.65. The molecule has 1 fully saturated rings. The smallest absolute Gasteiger partial charge is 0.291 e. The minimum absolute atomic E-state index is 0.0996. The van der Waals surface area contributed by atoms with Gasteiger partial charge in [0.2, 0.25) is 11.8 Å². The zero-order chi connectivity index (χ0) is 20.0. The molecule has 4 heterocycles. The Hall–Kier alpha value is -2.68. The number of fused-ring (bicyclic) bond motifs is 3. The van der Waals surface area contributed by atoms with Gasteiger partial charge in [-0.2, -0.15) is 5.10 Å². The Kier molecular flexibility index (Phi) is 4.70. The molecular weight excluding hydrogens is 378 g/mol. The average molecular weight is 401 g/mol. The number of piperidine rings is 1. The Bertz CT molecular complexity index is 1130.